The lowest BCUT2D eigenvalue weighted by Gasteiger charge is -2.19. The molecule has 1 saturated heterocycles. The third-order valence-corrected chi connectivity index (χ3v) is 3.32. The van der Waals surface area contributed by atoms with Crippen LogP contribution in [0.15, 0.2) is 18.3 Å². The third kappa shape index (κ3) is 3.68. The van der Waals surface area contributed by atoms with Crippen LogP contribution >= 0.6 is 0 Å². The van der Waals surface area contributed by atoms with Crippen molar-refractivity contribution >= 4 is 5.82 Å². The minimum Gasteiger partial charge on any atom is -0.389 e. The zero-order chi connectivity index (χ0) is 13.0. The second-order valence-corrected chi connectivity index (χ2v) is 5.43. The summed E-state index contributed by atoms with van der Waals surface area (Å²) in [6, 6.07) is 4.15. The van der Waals surface area contributed by atoms with Crippen LogP contribution in [0.5, 0.6) is 0 Å². The van der Waals surface area contributed by atoms with E-state index in [4.69, 9.17) is 0 Å². The second-order valence-electron chi connectivity index (χ2n) is 5.43. The van der Waals surface area contributed by atoms with E-state index in [1.165, 1.54) is 5.56 Å². The molecule has 2 N–H and O–H groups in total. The molecule has 1 atom stereocenters. The van der Waals surface area contributed by atoms with Gasteiger partial charge in [0.25, 0.3) is 0 Å². The molecule has 1 aromatic heterocycles. The summed E-state index contributed by atoms with van der Waals surface area (Å²) in [6.45, 7) is 7.62. The first kappa shape index (κ1) is 13.3. The molecule has 0 aliphatic carbocycles. The molecule has 0 bridgehead atoms. The van der Waals surface area contributed by atoms with Crippen LogP contribution in [0.25, 0.3) is 0 Å². The second kappa shape index (κ2) is 5.67. The summed E-state index contributed by atoms with van der Waals surface area (Å²) in [5, 5.41) is 13.2. The monoisotopic (exact) mass is 249 g/mol. The van der Waals surface area contributed by atoms with Crippen LogP contribution in [-0.4, -0.2) is 40.2 Å². The van der Waals surface area contributed by atoms with Gasteiger partial charge in [0.2, 0.25) is 0 Å². The van der Waals surface area contributed by atoms with Gasteiger partial charge in [-0.3, -0.25) is 4.90 Å². The van der Waals surface area contributed by atoms with Crippen LogP contribution in [0.1, 0.15) is 32.3 Å². The highest BCUT2D eigenvalue weighted by Crippen LogP contribution is 2.22. The molecule has 0 saturated carbocycles. The van der Waals surface area contributed by atoms with Gasteiger partial charge in [0.15, 0.2) is 0 Å². The lowest BCUT2D eigenvalue weighted by Crippen LogP contribution is -2.29. The lowest BCUT2D eigenvalue weighted by atomic mass is 10.1. The predicted octanol–water partition coefficient (Wildman–Crippen LogP) is 1.86. The molecule has 1 aliphatic rings. The molecule has 4 nitrogen and oxygen atoms in total. The Kier molecular flexibility index (Phi) is 4.19. The number of hydrogen-bond acceptors (Lipinski definition) is 4. The van der Waals surface area contributed by atoms with Gasteiger partial charge in [0.1, 0.15) is 5.82 Å². The van der Waals surface area contributed by atoms with Crippen molar-refractivity contribution in [1.29, 1.82) is 0 Å². The number of β-amino-alcohol motifs (C(OH)–C–C–N with tert-alkyl or cyclic N) is 1. The van der Waals surface area contributed by atoms with E-state index in [2.05, 4.69) is 28.2 Å². The lowest BCUT2D eigenvalue weighted by molar-refractivity contribution is 0.0679. The van der Waals surface area contributed by atoms with E-state index in [1.807, 2.05) is 19.2 Å². The number of aliphatic hydroxyl groups is 1. The van der Waals surface area contributed by atoms with Gasteiger partial charge in [-0.25, -0.2) is 4.98 Å². The van der Waals surface area contributed by atoms with Crippen LogP contribution in [0.2, 0.25) is 0 Å². The number of aromatic nitrogens is 1. The molecular weight excluding hydrogens is 226 g/mol. The van der Waals surface area contributed by atoms with E-state index in [-0.39, 0.29) is 0 Å². The Morgan fingerprint density at radius 3 is 3.06 bits per heavy atom. The molecule has 0 aromatic carbocycles. The van der Waals surface area contributed by atoms with Crippen LogP contribution in [0.3, 0.4) is 0 Å². The van der Waals surface area contributed by atoms with Gasteiger partial charge in [-0.05, 0) is 37.5 Å². The summed E-state index contributed by atoms with van der Waals surface area (Å²) < 4.78 is 0. The fourth-order valence-corrected chi connectivity index (χ4v) is 2.35. The van der Waals surface area contributed by atoms with E-state index < -0.39 is 5.60 Å². The number of hydrogen-bond donors (Lipinski definition) is 2. The highest BCUT2D eigenvalue weighted by atomic mass is 16.3. The van der Waals surface area contributed by atoms with Crippen LogP contribution in [-0.2, 0) is 6.54 Å². The Bertz CT molecular complexity index is 392. The maximum Gasteiger partial charge on any atom is 0.126 e. The summed E-state index contributed by atoms with van der Waals surface area (Å²) in [4.78, 5) is 6.59. The van der Waals surface area contributed by atoms with Crippen molar-refractivity contribution in [2.24, 2.45) is 0 Å². The SMILES string of the molecule is CCCNc1cc(CN2CCC(C)(O)C2)ccn1. The van der Waals surface area contributed by atoms with Gasteiger partial charge >= 0.3 is 0 Å². The van der Waals surface area contributed by atoms with E-state index in [9.17, 15) is 5.11 Å². The number of likely N-dealkylation sites (tertiary alicyclic amines) is 1. The Hall–Kier alpha value is -1.13. The van der Waals surface area contributed by atoms with E-state index in [0.29, 0.717) is 0 Å². The minimum atomic E-state index is -0.518. The van der Waals surface area contributed by atoms with Crippen LogP contribution < -0.4 is 5.32 Å². The van der Waals surface area contributed by atoms with E-state index in [1.54, 1.807) is 0 Å². The van der Waals surface area contributed by atoms with Crippen molar-refractivity contribution in [2.75, 3.05) is 25.0 Å². The molecule has 0 spiro atoms. The van der Waals surface area contributed by atoms with Crippen molar-refractivity contribution in [3.8, 4) is 0 Å². The topological polar surface area (TPSA) is 48.4 Å². The molecule has 18 heavy (non-hydrogen) atoms. The van der Waals surface area contributed by atoms with E-state index >= 15 is 0 Å². The van der Waals surface area contributed by atoms with Crippen molar-refractivity contribution in [3.63, 3.8) is 0 Å². The van der Waals surface area contributed by atoms with Gasteiger partial charge in [-0.15, -0.1) is 0 Å². The van der Waals surface area contributed by atoms with Crippen molar-refractivity contribution in [3.05, 3.63) is 23.9 Å². The molecule has 100 valence electrons. The smallest absolute Gasteiger partial charge is 0.126 e. The highest BCUT2D eigenvalue weighted by Gasteiger charge is 2.30. The van der Waals surface area contributed by atoms with Crippen molar-refractivity contribution in [2.45, 2.75) is 38.8 Å². The average Bonchev–Trinajstić information content (AvgIpc) is 2.66. The van der Waals surface area contributed by atoms with E-state index in [0.717, 1.165) is 44.8 Å². The van der Waals surface area contributed by atoms with Crippen LogP contribution in [0, 0.1) is 0 Å². The van der Waals surface area contributed by atoms with Gasteiger partial charge < -0.3 is 10.4 Å². The zero-order valence-electron chi connectivity index (χ0n) is 11.3. The van der Waals surface area contributed by atoms with Gasteiger partial charge in [0.05, 0.1) is 5.60 Å². The summed E-state index contributed by atoms with van der Waals surface area (Å²) >= 11 is 0. The molecule has 4 heteroatoms. The Labute approximate surface area is 109 Å². The van der Waals surface area contributed by atoms with Crippen molar-refractivity contribution < 1.29 is 5.11 Å². The third-order valence-electron chi connectivity index (χ3n) is 3.32. The Morgan fingerprint density at radius 1 is 1.56 bits per heavy atom. The first-order valence-electron chi connectivity index (χ1n) is 6.72. The fraction of sp³-hybridized carbons (Fsp3) is 0.643. The minimum absolute atomic E-state index is 0.518. The highest BCUT2D eigenvalue weighted by molar-refractivity contribution is 5.37. The Morgan fingerprint density at radius 2 is 2.39 bits per heavy atom. The Balaban J connectivity index is 1.93. The molecule has 1 unspecified atom stereocenters. The summed E-state index contributed by atoms with van der Waals surface area (Å²) in [5.74, 6) is 0.945. The first-order valence-corrected chi connectivity index (χ1v) is 6.72. The van der Waals surface area contributed by atoms with Gasteiger partial charge in [-0.2, -0.15) is 0 Å². The number of pyridine rings is 1. The number of nitrogens with one attached hydrogen (secondary N) is 1. The summed E-state index contributed by atoms with van der Waals surface area (Å²) in [5.41, 5.74) is 0.734. The number of rotatable bonds is 5. The molecule has 2 rings (SSSR count). The normalized spacial score (nSPS) is 24.4. The van der Waals surface area contributed by atoms with Gasteiger partial charge in [-0.1, -0.05) is 6.92 Å². The molecule has 0 radical (unpaired) electrons. The van der Waals surface area contributed by atoms with Crippen LogP contribution in [0.4, 0.5) is 5.82 Å². The molecule has 0 amide bonds. The van der Waals surface area contributed by atoms with Gasteiger partial charge in [0, 0.05) is 32.4 Å². The molecule has 2 heterocycles. The zero-order valence-corrected chi connectivity index (χ0v) is 11.3. The maximum absolute atomic E-state index is 9.95. The molecule has 1 aliphatic heterocycles. The first-order chi connectivity index (χ1) is 8.59. The molecule has 1 fully saturated rings. The number of nitrogens with zero attached hydrogens (tertiary/aromatic N) is 2. The quantitative estimate of drug-likeness (QED) is 0.836. The fourth-order valence-electron chi connectivity index (χ4n) is 2.35. The largest absolute Gasteiger partial charge is 0.389 e. The predicted molar refractivity (Wildman–Crippen MR) is 73.5 cm³/mol. The summed E-state index contributed by atoms with van der Waals surface area (Å²) in [7, 11) is 0. The maximum atomic E-state index is 9.95. The summed E-state index contributed by atoms with van der Waals surface area (Å²) in [6.07, 6.45) is 3.81. The molecular formula is C14H23N3O. The number of anilines is 1. The standard InChI is InChI=1S/C14H23N3O/c1-3-6-15-13-9-12(4-7-16-13)10-17-8-5-14(2,18)11-17/h4,7,9,18H,3,5-6,8,10-11H2,1-2H3,(H,15,16). The van der Waals surface area contributed by atoms with Crippen molar-refractivity contribution in [1.82, 2.24) is 9.88 Å². The average molecular weight is 249 g/mol. The molecule has 1 aromatic rings.